The largest absolute Gasteiger partial charge is 0.370 e. The molecule has 0 amide bonds. The first-order chi connectivity index (χ1) is 11.3. The van der Waals surface area contributed by atoms with Gasteiger partial charge < -0.3 is 4.74 Å². The van der Waals surface area contributed by atoms with Gasteiger partial charge in [-0.25, -0.2) is 0 Å². The maximum absolute atomic E-state index is 6.61. The van der Waals surface area contributed by atoms with Crippen molar-refractivity contribution < 1.29 is 4.74 Å². The van der Waals surface area contributed by atoms with Crippen molar-refractivity contribution in [2.75, 3.05) is 0 Å². The Morgan fingerprint density at radius 2 is 1.65 bits per heavy atom. The molecule has 0 bridgehead atoms. The zero-order chi connectivity index (χ0) is 15.6. The predicted octanol–water partition coefficient (Wildman–Crippen LogP) is 6.25. The quantitative estimate of drug-likeness (QED) is 0.592. The van der Waals surface area contributed by atoms with Gasteiger partial charge in [-0.2, -0.15) is 0 Å². The summed E-state index contributed by atoms with van der Waals surface area (Å²) in [6.45, 7) is 0. The monoisotopic (exact) mass is 328 g/mol. The highest BCUT2D eigenvalue weighted by Crippen LogP contribution is 2.40. The molecule has 122 valence electrons. The van der Waals surface area contributed by atoms with Crippen molar-refractivity contribution in [3.8, 4) is 0 Å². The van der Waals surface area contributed by atoms with Crippen LogP contribution in [0.15, 0.2) is 42.5 Å². The third-order valence-corrected chi connectivity index (χ3v) is 5.97. The van der Waals surface area contributed by atoms with Gasteiger partial charge in [0.25, 0.3) is 0 Å². The lowest BCUT2D eigenvalue weighted by Gasteiger charge is -2.39. The van der Waals surface area contributed by atoms with Gasteiger partial charge in [0.1, 0.15) is 0 Å². The van der Waals surface area contributed by atoms with Crippen molar-refractivity contribution in [2.24, 2.45) is 5.92 Å². The number of fused-ring (bicyclic) bond motifs is 1. The summed E-state index contributed by atoms with van der Waals surface area (Å²) >= 11 is 6.61. The molecule has 1 nitrogen and oxygen atoms in total. The molecule has 0 unspecified atom stereocenters. The Kier molecular flexibility index (Phi) is 4.59. The van der Waals surface area contributed by atoms with E-state index in [0.717, 1.165) is 12.8 Å². The lowest BCUT2D eigenvalue weighted by atomic mass is 9.81. The number of hydrogen-bond acceptors (Lipinski definition) is 1. The van der Waals surface area contributed by atoms with E-state index in [2.05, 4.69) is 42.5 Å². The molecule has 0 aromatic heterocycles. The fourth-order valence-corrected chi connectivity index (χ4v) is 4.67. The highest BCUT2D eigenvalue weighted by Gasteiger charge is 2.34. The Bertz CT molecular complexity index is 662. The second kappa shape index (κ2) is 6.83. The molecule has 2 heteroatoms. The molecular weight excluding hydrogens is 304 g/mol. The van der Waals surface area contributed by atoms with E-state index in [1.165, 1.54) is 48.4 Å². The van der Waals surface area contributed by atoms with Crippen LogP contribution in [0.4, 0.5) is 0 Å². The topological polar surface area (TPSA) is 9.23 Å². The highest BCUT2D eigenvalue weighted by atomic mass is 35.5. The van der Waals surface area contributed by atoms with Crippen LogP contribution in [0, 0.1) is 5.92 Å². The summed E-state index contributed by atoms with van der Waals surface area (Å²) in [4.78, 5) is 0. The van der Waals surface area contributed by atoms with E-state index in [1.807, 2.05) is 0 Å². The van der Waals surface area contributed by atoms with Crippen LogP contribution >= 0.6 is 11.6 Å². The van der Waals surface area contributed by atoms with Crippen molar-refractivity contribution in [1.82, 2.24) is 0 Å². The van der Waals surface area contributed by atoms with E-state index in [-0.39, 0.29) is 11.5 Å². The standard InChI is InChI=1S/C21H25ClO/c22-19-13-20(16-7-2-1-3-8-16)23-21(14-19)18-11-10-15-6-4-5-9-17(15)12-18/h4-6,9-12,16,19-21H,1-3,7-8,13-14H2/t19-,20-,21+/m0/s1. The second-order valence-electron chi connectivity index (χ2n) is 7.24. The fourth-order valence-electron chi connectivity index (χ4n) is 4.33. The van der Waals surface area contributed by atoms with Crippen LogP contribution in [-0.4, -0.2) is 11.5 Å². The van der Waals surface area contributed by atoms with Crippen molar-refractivity contribution in [1.29, 1.82) is 0 Å². The molecule has 23 heavy (non-hydrogen) atoms. The van der Waals surface area contributed by atoms with Gasteiger partial charge in [-0.05, 0) is 54.0 Å². The van der Waals surface area contributed by atoms with Crippen LogP contribution in [0.25, 0.3) is 10.8 Å². The smallest absolute Gasteiger partial charge is 0.0843 e. The minimum Gasteiger partial charge on any atom is -0.370 e. The molecule has 0 N–H and O–H groups in total. The SMILES string of the molecule is Cl[C@H]1C[C@@H](C2CCCCC2)O[C@@H](c2ccc3ccccc3c2)C1. The van der Waals surface area contributed by atoms with E-state index in [0.29, 0.717) is 12.0 Å². The minimum absolute atomic E-state index is 0.155. The molecule has 1 saturated heterocycles. The number of hydrogen-bond donors (Lipinski definition) is 0. The van der Waals surface area contributed by atoms with Crippen LogP contribution < -0.4 is 0 Å². The van der Waals surface area contributed by atoms with Gasteiger partial charge in [-0.1, -0.05) is 55.7 Å². The number of ether oxygens (including phenoxy) is 1. The summed E-state index contributed by atoms with van der Waals surface area (Å²) in [5, 5.41) is 2.82. The van der Waals surface area contributed by atoms with E-state index in [4.69, 9.17) is 16.3 Å². The van der Waals surface area contributed by atoms with Crippen molar-refractivity contribution >= 4 is 22.4 Å². The Morgan fingerprint density at radius 3 is 2.48 bits per heavy atom. The van der Waals surface area contributed by atoms with Gasteiger partial charge in [-0.15, -0.1) is 11.6 Å². The summed E-state index contributed by atoms with van der Waals surface area (Å²) in [6.07, 6.45) is 9.21. The van der Waals surface area contributed by atoms with Crippen molar-refractivity contribution in [2.45, 2.75) is 62.5 Å². The highest BCUT2D eigenvalue weighted by molar-refractivity contribution is 6.20. The lowest BCUT2D eigenvalue weighted by molar-refractivity contribution is -0.0841. The van der Waals surface area contributed by atoms with Gasteiger partial charge in [0.15, 0.2) is 0 Å². The lowest BCUT2D eigenvalue weighted by Crippen LogP contribution is -2.35. The first-order valence-corrected chi connectivity index (χ1v) is 9.51. The number of halogens is 1. The Labute approximate surface area is 144 Å². The first kappa shape index (κ1) is 15.5. The van der Waals surface area contributed by atoms with E-state index >= 15 is 0 Å². The minimum atomic E-state index is 0.155. The maximum atomic E-state index is 6.61. The van der Waals surface area contributed by atoms with Crippen molar-refractivity contribution in [3.63, 3.8) is 0 Å². The summed E-state index contributed by atoms with van der Waals surface area (Å²) in [6, 6.07) is 15.2. The predicted molar refractivity (Wildman–Crippen MR) is 97.0 cm³/mol. The zero-order valence-corrected chi connectivity index (χ0v) is 14.3. The average molecular weight is 329 g/mol. The maximum Gasteiger partial charge on any atom is 0.0843 e. The molecule has 3 atom stereocenters. The molecule has 0 radical (unpaired) electrons. The van der Waals surface area contributed by atoms with E-state index < -0.39 is 0 Å². The Hall–Kier alpha value is -1.05. The van der Waals surface area contributed by atoms with Crippen molar-refractivity contribution in [3.05, 3.63) is 48.0 Å². The molecular formula is C21H25ClO. The molecule has 2 fully saturated rings. The van der Waals surface area contributed by atoms with E-state index in [1.54, 1.807) is 0 Å². The molecule has 2 aromatic rings. The van der Waals surface area contributed by atoms with Crippen LogP contribution in [0.5, 0.6) is 0 Å². The Morgan fingerprint density at radius 1 is 0.870 bits per heavy atom. The molecule has 1 aliphatic carbocycles. The summed E-state index contributed by atoms with van der Waals surface area (Å²) in [7, 11) is 0. The van der Waals surface area contributed by atoms with Gasteiger partial charge in [0, 0.05) is 5.38 Å². The molecule has 1 aliphatic heterocycles. The normalized spacial score (nSPS) is 29.7. The zero-order valence-electron chi connectivity index (χ0n) is 13.6. The average Bonchev–Trinajstić information content (AvgIpc) is 2.61. The Balaban J connectivity index is 1.56. The summed E-state index contributed by atoms with van der Waals surface area (Å²) in [5.74, 6) is 0.716. The number of alkyl halides is 1. The summed E-state index contributed by atoms with van der Waals surface area (Å²) < 4.78 is 6.55. The fraction of sp³-hybridized carbons (Fsp3) is 0.524. The van der Waals surface area contributed by atoms with Gasteiger partial charge >= 0.3 is 0 Å². The number of benzene rings is 2. The second-order valence-corrected chi connectivity index (χ2v) is 7.85. The van der Waals surface area contributed by atoms with Crippen LogP contribution in [0.1, 0.15) is 56.6 Å². The van der Waals surface area contributed by atoms with Crippen LogP contribution in [0.2, 0.25) is 0 Å². The first-order valence-electron chi connectivity index (χ1n) is 9.08. The molecule has 1 saturated carbocycles. The van der Waals surface area contributed by atoms with Gasteiger partial charge in [0.2, 0.25) is 0 Å². The van der Waals surface area contributed by atoms with Gasteiger partial charge in [-0.3, -0.25) is 0 Å². The van der Waals surface area contributed by atoms with Crippen LogP contribution in [-0.2, 0) is 4.74 Å². The molecule has 1 heterocycles. The van der Waals surface area contributed by atoms with Gasteiger partial charge in [0.05, 0.1) is 12.2 Å². The molecule has 4 rings (SSSR count). The summed E-state index contributed by atoms with van der Waals surface area (Å²) in [5.41, 5.74) is 1.29. The molecule has 0 spiro atoms. The third-order valence-electron chi connectivity index (χ3n) is 5.62. The molecule has 2 aliphatic rings. The van der Waals surface area contributed by atoms with E-state index in [9.17, 15) is 0 Å². The third kappa shape index (κ3) is 3.41. The van der Waals surface area contributed by atoms with Crippen LogP contribution in [0.3, 0.4) is 0 Å². The molecule has 2 aromatic carbocycles. The number of rotatable bonds is 2.